The van der Waals surface area contributed by atoms with Crippen LogP contribution in [0.15, 0.2) is 64.3 Å². The van der Waals surface area contributed by atoms with E-state index in [9.17, 15) is 23.2 Å². The van der Waals surface area contributed by atoms with Crippen LogP contribution in [0.1, 0.15) is 52.6 Å². The van der Waals surface area contributed by atoms with Gasteiger partial charge in [-0.2, -0.15) is 4.98 Å². The summed E-state index contributed by atoms with van der Waals surface area (Å²) in [6, 6.07) is 11.2. The Balaban J connectivity index is 1.18. The zero-order valence-corrected chi connectivity index (χ0v) is 29.2. The Bertz CT molecular complexity index is 2250. The van der Waals surface area contributed by atoms with Crippen molar-refractivity contribution in [1.29, 1.82) is 0 Å². The second kappa shape index (κ2) is 14.7. The first-order valence-corrected chi connectivity index (χ1v) is 16.7. The zero-order valence-electron chi connectivity index (χ0n) is 29.2. The number of hydrogen-bond acceptors (Lipinski definition) is 8. The van der Waals surface area contributed by atoms with Gasteiger partial charge in [0.25, 0.3) is 17.0 Å². The van der Waals surface area contributed by atoms with Crippen molar-refractivity contribution in [2.75, 3.05) is 43.1 Å². The highest BCUT2D eigenvalue weighted by Gasteiger charge is 2.22. The Kier molecular flexibility index (Phi) is 10.1. The molecule has 0 saturated carbocycles. The van der Waals surface area contributed by atoms with Gasteiger partial charge in [-0.15, -0.1) is 0 Å². The molecule has 1 fully saturated rings. The number of nitrogens with zero attached hydrogens (tertiary/aromatic N) is 6. The Morgan fingerprint density at radius 1 is 1.02 bits per heavy atom. The summed E-state index contributed by atoms with van der Waals surface area (Å²) in [6.07, 6.45) is 4.99. The number of aromatic nitrogens is 5. The highest BCUT2D eigenvalue weighted by Crippen LogP contribution is 2.25. The van der Waals surface area contributed by atoms with Crippen LogP contribution in [-0.2, 0) is 18.3 Å². The molecule has 2 N–H and O–H groups in total. The molecule has 0 aliphatic carbocycles. The van der Waals surface area contributed by atoms with Gasteiger partial charge in [-0.1, -0.05) is 18.2 Å². The van der Waals surface area contributed by atoms with E-state index in [0.717, 1.165) is 36.6 Å². The van der Waals surface area contributed by atoms with E-state index in [4.69, 9.17) is 9.72 Å². The van der Waals surface area contributed by atoms with Crippen molar-refractivity contribution in [2.24, 2.45) is 7.05 Å². The number of halogens is 2. The smallest absolute Gasteiger partial charge is 0.280 e. The van der Waals surface area contributed by atoms with E-state index in [0.29, 0.717) is 52.6 Å². The number of hydrogen-bond donors (Lipinski definition) is 2. The number of nitrogens with one attached hydrogen (secondary N) is 2. The summed E-state index contributed by atoms with van der Waals surface area (Å²) in [5.74, 6) is -2.24. The first kappa shape index (κ1) is 35.2. The summed E-state index contributed by atoms with van der Waals surface area (Å²) in [6.45, 7) is 10.4. The lowest BCUT2D eigenvalue weighted by Gasteiger charge is -2.28. The molecule has 6 rings (SSSR count). The molecule has 0 bridgehead atoms. The van der Waals surface area contributed by atoms with E-state index in [1.165, 1.54) is 15.4 Å². The fourth-order valence-corrected chi connectivity index (χ4v) is 6.22. The fraction of sp³-hybridized carbons (Fsp3) is 0.324. The molecule has 0 unspecified atom stereocenters. The van der Waals surface area contributed by atoms with Crippen molar-refractivity contribution >= 4 is 40.3 Å². The maximum atomic E-state index is 13.8. The Hall–Kier alpha value is -5.63. The van der Waals surface area contributed by atoms with Crippen molar-refractivity contribution in [1.82, 2.24) is 29.2 Å². The average Bonchev–Trinajstić information content (AvgIpc) is 3.32. The number of carbonyl (C=O) groups excluding carboxylic acids is 1. The summed E-state index contributed by atoms with van der Waals surface area (Å²) < 4.78 is 37.0. The fourth-order valence-electron chi connectivity index (χ4n) is 6.22. The third kappa shape index (κ3) is 7.17. The lowest BCUT2D eigenvalue weighted by molar-refractivity contribution is 0.0956. The summed E-state index contributed by atoms with van der Waals surface area (Å²) >= 11 is 0. The minimum atomic E-state index is -1.02. The summed E-state index contributed by atoms with van der Waals surface area (Å²) in [7, 11) is 1.61. The van der Waals surface area contributed by atoms with Crippen LogP contribution in [0.2, 0.25) is 0 Å². The molecule has 51 heavy (non-hydrogen) atoms. The predicted molar refractivity (Wildman–Crippen MR) is 193 cm³/mol. The Labute approximate surface area is 293 Å². The molecule has 0 radical (unpaired) electrons. The normalized spacial score (nSPS) is 13.5. The van der Waals surface area contributed by atoms with Gasteiger partial charge >= 0.3 is 0 Å². The van der Waals surface area contributed by atoms with Crippen LogP contribution < -0.4 is 26.7 Å². The highest BCUT2D eigenvalue weighted by molar-refractivity contribution is 5.95. The van der Waals surface area contributed by atoms with Crippen LogP contribution in [0.25, 0.3) is 17.1 Å². The van der Waals surface area contributed by atoms with Gasteiger partial charge in [0.2, 0.25) is 5.95 Å². The van der Waals surface area contributed by atoms with Crippen molar-refractivity contribution in [3.8, 4) is 0 Å². The molecular weight excluding hydrogens is 658 g/mol. The Morgan fingerprint density at radius 3 is 2.43 bits per heavy atom. The quantitative estimate of drug-likeness (QED) is 0.212. The molecule has 266 valence electrons. The first-order valence-electron chi connectivity index (χ1n) is 16.7. The molecular formula is C37H40F2N8O4. The van der Waals surface area contributed by atoms with Gasteiger partial charge in [0.1, 0.15) is 11.2 Å². The maximum absolute atomic E-state index is 13.8. The van der Waals surface area contributed by atoms with Crippen molar-refractivity contribution in [3.05, 3.63) is 115 Å². The SMILES string of the molecule is Cc1c(/C=C/CNC(=O)c2c(C)n(C)n(Cc3ccc(F)c(F)c3)c2=O)c(=O)n(C(C)C)c2nc(Nc3ccc(N4CCOCC4)cc3)ncc12. The largest absolute Gasteiger partial charge is 0.378 e. The van der Waals surface area contributed by atoms with E-state index in [1.807, 2.05) is 45.0 Å². The van der Waals surface area contributed by atoms with Gasteiger partial charge in [-0.05, 0) is 75.2 Å². The number of rotatable bonds is 10. The van der Waals surface area contributed by atoms with Crippen LogP contribution in [0.3, 0.4) is 0 Å². The molecule has 1 aliphatic heterocycles. The number of morpholine rings is 1. The summed E-state index contributed by atoms with van der Waals surface area (Å²) in [5.41, 5.74) is 3.46. The van der Waals surface area contributed by atoms with Gasteiger partial charge < -0.3 is 20.3 Å². The monoisotopic (exact) mass is 698 g/mol. The number of fused-ring (bicyclic) bond motifs is 1. The number of pyridine rings is 1. The number of aryl methyl sites for hydroxylation is 1. The summed E-state index contributed by atoms with van der Waals surface area (Å²) in [4.78, 5) is 51.7. The van der Waals surface area contributed by atoms with Crippen LogP contribution in [0, 0.1) is 25.5 Å². The van der Waals surface area contributed by atoms with E-state index in [2.05, 4.69) is 20.5 Å². The van der Waals surface area contributed by atoms with Gasteiger partial charge in [0.15, 0.2) is 11.6 Å². The second-order valence-electron chi connectivity index (χ2n) is 12.7. The molecule has 2 aromatic carbocycles. The number of anilines is 3. The number of benzene rings is 2. The van der Waals surface area contributed by atoms with Crippen LogP contribution in [-0.4, -0.2) is 62.7 Å². The lowest BCUT2D eigenvalue weighted by Crippen LogP contribution is -2.36. The van der Waals surface area contributed by atoms with Crippen LogP contribution in [0.5, 0.6) is 0 Å². The maximum Gasteiger partial charge on any atom is 0.280 e. The number of carbonyl (C=O) groups is 1. The molecule has 4 heterocycles. The molecule has 0 spiro atoms. The highest BCUT2D eigenvalue weighted by atomic mass is 19.2. The van der Waals surface area contributed by atoms with Gasteiger partial charge in [-0.25, -0.2) is 18.4 Å². The molecule has 12 nitrogen and oxygen atoms in total. The second-order valence-corrected chi connectivity index (χ2v) is 12.7. The van der Waals surface area contributed by atoms with E-state index in [-0.39, 0.29) is 30.3 Å². The van der Waals surface area contributed by atoms with Crippen molar-refractivity contribution < 1.29 is 18.3 Å². The van der Waals surface area contributed by atoms with Crippen LogP contribution in [0.4, 0.5) is 26.1 Å². The van der Waals surface area contributed by atoms with E-state index < -0.39 is 23.1 Å². The number of ether oxygens (including phenoxy) is 1. The third-order valence-electron chi connectivity index (χ3n) is 9.14. The third-order valence-corrected chi connectivity index (χ3v) is 9.14. The summed E-state index contributed by atoms with van der Waals surface area (Å²) in [5, 5.41) is 6.69. The number of amides is 1. The average molecular weight is 699 g/mol. The predicted octanol–water partition coefficient (Wildman–Crippen LogP) is 4.84. The van der Waals surface area contributed by atoms with Gasteiger partial charge in [-0.3, -0.25) is 23.6 Å². The minimum Gasteiger partial charge on any atom is -0.378 e. The molecule has 1 saturated heterocycles. The molecule has 5 aromatic rings. The van der Waals surface area contributed by atoms with E-state index in [1.54, 1.807) is 36.9 Å². The lowest BCUT2D eigenvalue weighted by atomic mass is 10.1. The minimum absolute atomic E-state index is 0.0397. The van der Waals surface area contributed by atoms with Gasteiger partial charge in [0, 0.05) is 66.9 Å². The molecule has 1 aliphatic rings. The zero-order chi connectivity index (χ0) is 36.4. The van der Waals surface area contributed by atoms with Crippen molar-refractivity contribution in [2.45, 2.75) is 40.3 Å². The Morgan fingerprint density at radius 2 is 1.75 bits per heavy atom. The van der Waals surface area contributed by atoms with Crippen LogP contribution >= 0.6 is 0 Å². The molecule has 14 heteroatoms. The molecule has 0 atom stereocenters. The van der Waals surface area contributed by atoms with Gasteiger partial charge in [0.05, 0.1) is 19.8 Å². The first-order chi connectivity index (χ1) is 24.4. The standard InChI is InChI=1S/C37H40F2N8O4/c1-22(2)47-33-29(20-41-37(43-33)42-26-9-11-27(12-10-26)45-15-17-51-18-16-45)23(3)28(35(47)49)7-6-14-40-34(48)32-24(4)44(5)46(36(32)50)21-25-8-13-30(38)31(39)19-25/h6-13,19-20,22H,14-18,21H2,1-5H3,(H,40,48)(H,41,42,43)/b7-6+. The van der Waals surface area contributed by atoms with Crippen molar-refractivity contribution in [3.63, 3.8) is 0 Å². The van der Waals surface area contributed by atoms with E-state index >= 15 is 0 Å². The molecule has 3 aromatic heterocycles. The molecule has 1 amide bonds. The topological polar surface area (TPSA) is 128 Å².